The van der Waals surface area contributed by atoms with E-state index < -0.39 is 17.7 Å². The number of phenolic OH excluding ortho intramolecular Hbond substituents is 1. The lowest BCUT2D eigenvalue weighted by atomic mass is 9.95. The summed E-state index contributed by atoms with van der Waals surface area (Å²) in [6, 6.07) is 16.8. The van der Waals surface area contributed by atoms with E-state index in [1.807, 2.05) is 0 Å². The number of carbonyl (C=O) groups is 2. The highest BCUT2D eigenvalue weighted by atomic mass is 79.9. The maximum Gasteiger partial charge on any atom is 0.300 e. The second-order valence-corrected chi connectivity index (χ2v) is 8.17. The molecule has 1 fully saturated rings. The van der Waals surface area contributed by atoms with Gasteiger partial charge < -0.3 is 19.7 Å². The lowest BCUT2D eigenvalue weighted by Gasteiger charge is -2.25. The van der Waals surface area contributed by atoms with E-state index in [9.17, 15) is 19.8 Å². The highest BCUT2D eigenvalue weighted by Gasteiger charge is 2.47. The van der Waals surface area contributed by atoms with Crippen LogP contribution in [0, 0.1) is 0 Å². The number of anilines is 1. The normalized spacial score (nSPS) is 17.3. The molecule has 1 atom stereocenters. The van der Waals surface area contributed by atoms with Crippen LogP contribution in [-0.4, -0.2) is 36.1 Å². The largest absolute Gasteiger partial charge is 0.508 e. The number of halogens is 1. The Morgan fingerprint density at radius 3 is 2.33 bits per heavy atom. The molecule has 33 heavy (non-hydrogen) atoms. The van der Waals surface area contributed by atoms with Gasteiger partial charge in [-0.25, -0.2) is 0 Å². The molecule has 0 saturated carbocycles. The summed E-state index contributed by atoms with van der Waals surface area (Å²) in [5, 5.41) is 20.9. The van der Waals surface area contributed by atoms with Crippen molar-refractivity contribution >= 4 is 39.1 Å². The smallest absolute Gasteiger partial charge is 0.300 e. The van der Waals surface area contributed by atoms with Crippen LogP contribution in [0.25, 0.3) is 5.76 Å². The molecule has 1 aliphatic rings. The van der Waals surface area contributed by atoms with Gasteiger partial charge in [-0.2, -0.15) is 0 Å². The van der Waals surface area contributed by atoms with Crippen molar-refractivity contribution in [3.63, 3.8) is 0 Å². The maximum atomic E-state index is 13.2. The van der Waals surface area contributed by atoms with Gasteiger partial charge in [0.1, 0.15) is 23.0 Å². The number of methoxy groups -OCH3 is 2. The van der Waals surface area contributed by atoms with Crippen LogP contribution in [0.1, 0.15) is 17.2 Å². The van der Waals surface area contributed by atoms with Gasteiger partial charge in [0.15, 0.2) is 0 Å². The quantitative estimate of drug-likeness (QED) is 0.291. The Morgan fingerprint density at radius 1 is 0.970 bits per heavy atom. The topological polar surface area (TPSA) is 96.3 Å². The third-order valence-electron chi connectivity index (χ3n) is 5.41. The first-order chi connectivity index (χ1) is 15.8. The molecule has 0 radical (unpaired) electrons. The fraction of sp³-hybridized carbons (Fsp3) is 0.120. The lowest BCUT2D eigenvalue weighted by molar-refractivity contribution is -0.132. The summed E-state index contributed by atoms with van der Waals surface area (Å²) in [6.07, 6.45) is 0. The van der Waals surface area contributed by atoms with Crippen LogP contribution in [0.15, 0.2) is 76.8 Å². The molecule has 3 aromatic carbocycles. The Morgan fingerprint density at radius 2 is 1.70 bits per heavy atom. The molecule has 0 spiro atoms. The summed E-state index contributed by atoms with van der Waals surface area (Å²) in [4.78, 5) is 27.7. The Labute approximate surface area is 198 Å². The summed E-state index contributed by atoms with van der Waals surface area (Å²) in [5.74, 6) is -0.816. The first-order valence-electron chi connectivity index (χ1n) is 9.93. The van der Waals surface area contributed by atoms with E-state index in [-0.39, 0.29) is 17.1 Å². The number of rotatable bonds is 5. The molecule has 4 rings (SSSR count). The van der Waals surface area contributed by atoms with Crippen molar-refractivity contribution in [3.05, 3.63) is 87.9 Å². The summed E-state index contributed by atoms with van der Waals surface area (Å²) in [7, 11) is 3.02. The molecule has 7 nitrogen and oxygen atoms in total. The molecule has 2 N–H and O–H groups in total. The monoisotopic (exact) mass is 509 g/mol. The molecule has 3 aromatic rings. The number of ketones is 1. The number of hydrogen-bond acceptors (Lipinski definition) is 6. The standard InChI is InChI=1S/C25H20BrNO6/c1-32-18-5-3-4-16(13-18)27-22(14-6-9-17(28)10-7-14)21(24(30)25(27)31)23(29)15-8-11-20(33-2)19(26)12-15/h3-13,22,28-29H,1-2H3/b23-21+. The van der Waals surface area contributed by atoms with E-state index in [0.717, 1.165) is 0 Å². The highest BCUT2D eigenvalue weighted by molar-refractivity contribution is 9.10. The Hall–Kier alpha value is -3.78. The van der Waals surface area contributed by atoms with Crippen LogP contribution >= 0.6 is 15.9 Å². The van der Waals surface area contributed by atoms with E-state index in [1.165, 1.54) is 31.3 Å². The van der Waals surface area contributed by atoms with Gasteiger partial charge in [0.25, 0.3) is 11.7 Å². The minimum absolute atomic E-state index is 0.0381. The average molecular weight is 510 g/mol. The first-order valence-corrected chi connectivity index (χ1v) is 10.7. The number of phenols is 1. The van der Waals surface area contributed by atoms with Gasteiger partial charge in [-0.1, -0.05) is 18.2 Å². The number of carbonyl (C=O) groups excluding carboxylic acids is 2. The summed E-state index contributed by atoms with van der Waals surface area (Å²) < 4.78 is 11.1. The number of amides is 1. The van der Waals surface area contributed by atoms with Crippen LogP contribution < -0.4 is 14.4 Å². The second kappa shape index (κ2) is 8.99. The maximum absolute atomic E-state index is 13.2. The number of aliphatic hydroxyl groups excluding tert-OH is 1. The summed E-state index contributed by atoms with van der Waals surface area (Å²) >= 11 is 3.38. The summed E-state index contributed by atoms with van der Waals surface area (Å²) in [6.45, 7) is 0. The van der Waals surface area contributed by atoms with Crippen molar-refractivity contribution in [1.29, 1.82) is 0 Å². The van der Waals surface area contributed by atoms with Gasteiger partial charge in [0, 0.05) is 17.3 Å². The van der Waals surface area contributed by atoms with E-state index in [2.05, 4.69) is 15.9 Å². The molecule has 1 aliphatic heterocycles. The number of benzene rings is 3. The van der Waals surface area contributed by atoms with Gasteiger partial charge in [-0.15, -0.1) is 0 Å². The Balaban J connectivity index is 1.93. The Bertz CT molecular complexity index is 1270. The van der Waals surface area contributed by atoms with Crippen molar-refractivity contribution < 1.29 is 29.3 Å². The van der Waals surface area contributed by atoms with Crippen molar-refractivity contribution in [1.82, 2.24) is 0 Å². The Kier molecular flexibility index (Phi) is 6.11. The number of nitrogens with zero attached hydrogens (tertiary/aromatic N) is 1. The molecule has 0 aliphatic carbocycles. The first kappa shape index (κ1) is 22.4. The van der Waals surface area contributed by atoms with Crippen molar-refractivity contribution in [2.75, 3.05) is 19.1 Å². The van der Waals surface area contributed by atoms with Crippen LogP contribution in [0.3, 0.4) is 0 Å². The van der Waals surface area contributed by atoms with Gasteiger partial charge in [-0.3, -0.25) is 14.5 Å². The van der Waals surface area contributed by atoms with Crippen LogP contribution in [0.5, 0.6) is 17.2 Å². The molecule has 168 valence electrons. The molecule has 1 heterocycles. The second-order valence-electron chi connectivity index (χ2n) is 7.31. The minimum atomic E-state index is -0.918. The number of Topliss-reactive ketones (excluding diaryl/α,β-unsaturated/α-hetero) is 1. The molecule has 0 bridgehead atoms. The predicted molar refractivity (Wildman–Crippen MR) is 127 cm³/mol. The van der Waals surface area contributed by atoms with Gasteiger partial charge in [0.05, 0.1) is 30.3 Å². The van der Waals surface area contributed by atoms with Crippen LogP contribution in [0.2, 0.25) is 0 Å². The predicted octanol–water partition coefficient (Wildman–Crippen LogP) is 4.80. The molecule has 1 amide bonds. The number of hydrogen-bond donors (Lipinski definition) is 2. The molecule has 0 aromatic heterocycles. The van der Waals surface area contributed by atoms with E-state index in [1.54, 1.807) is 54.6 Å². The van der Waals surface area contributed by atoms with Gasteiger partial charge in [-0.05, 0) is 64.0 Å². The van der Waals surface area contributed by atoms with Gasteiger partial charge >= 0.3 is 0 Å². The fourth-order valence-corrected chi connectivity index (χ4v) is 4.34. The number of ether oxygens (including phenoxy) is 2. The van der Waals surface area contributed by atoms with Crippen LogP contribution in [-0.2, 0) is 9.59 Å². The zero-order valence-electron chi connectivity index (χ0n) is 17.8. The average Bonchev–Trinajstić information content (AvgIpc) is 3.09. The molecule has 8 heteroatoms. The number of aliphatic hydroxyl groups is 1. The van der Waals surface area contributed by atoms with E-state index >= 15 is 0 Å². The molecular weight excluding hydrogens is 490 g/mol. The highest BCUT2D eigenvalue weighted by Crippen LogP contribution is 2.43. The number of aromatic hydroxyl groups is 1. The molecule has 1 unspecified atom stereocenters. The van der Waals surface area contributed by atoms with Crippen molar-refractivity contribution in [3.8, 4) is 17.2 Å². The summed E-state index contributed by atoms with van der Waals surface area (Å²) in [5.41, 5.74) is 1.26. The zero-order chi connectivity index (χ0) is 23.7. The third-order valence-corrected chi connectivity index (χ3v) is 6.03. The lowest BCUT2D eigenvalue weighted by Crippen LogP contribution is -2.29. The van der Waals surface area contributed by atoms with E-state index in [0.29, 0.717) is 32.8 Å². The van der Waals surface area contributed by atoms with Gasteiger partial charge in [0.2, 0.25) is 0 Å². The van der Waals surface area contributed by atoms with Crippen LogP contribution in [0.4, 0.5) is 5.69 Å². The molecular formula is C25H20BrNO6. The minimum Gasteiger partial charge on any atom is -0.508 e. The third kappa shape index (κ3) is 4.05. The SMILES string of the molecule is COc1cccc(N2C(=O)C(=O)/C(=C(/O)c3ccc(OC)c(Br)c3)C2c2ccc(O)cc2)c1. The van der Waals surface area contributed by atoms with Crippen molar-refractivity contribution in [2.24, 2.45) is 0 Å². The van der Waals surface area contributed by atoms with Crippen molar-refractivity contribution in [2.45, 2.75) is 6.04 Å². The zero-order valence-corrected chi connectivity index (χ0v) is 19.4. The fourth-order valence-electron chi connectivity index (χ4n) is 3.80. The molecule has 1 saturated heterocycles. The van der Waals surface area contributed by atoms with E-state index in [4.69, 9.17) is 9.47 Å².